The molecule has 94 valence electrons. The summed E-state index contributed by atoms with van der Waals surface area (Å²) in [4.78, 5) is 26.7. The van der Waals surface area contributed by atoms with Gasteiger partial charge >= 0.3 is 0 Å². The van der Waals surface area contributed by atoms with Crippen molar-refractivity contribution >= 4 is 23.1 Å². The van der Waals surface area contributed by atoms with Gasteiger partial charge in [-0.2, -0.15) is 0 Å². The van der Waals surface area contributed by atoms with Crippen molar-refractivity contribution in [1.82, 2.24) is 9.55 Å². The van der Waals surface area contributed by atoms with Crippen LogP contribution in [0.15, 0.2) is 18.2 Å². The maximum Gasteiger partial charge on any atom is 0.185 e. The summed E-state index contributed by atoms with van der Waals surface area (Å²) in [5.74, 6) is 0.451. The maximum absolute atomic E-state index is 11.4. The van der Waals surface area contributed by atoms with Gasteiger partial charge in [-0.15, -0.1) is 0 Å². The topological polar surface area (TPSA) is 52.0 Å². The van der Waals surface area contributed by atoms with Gasteiger partial charge in [-0.1, -0.05) is 13.3 Å². The normalized spacial score (nSPS) is 10.8. The monoisotopic (exact) mass is 244 g/mol. The van der Waals surface area contributed by atoms with Crippen molar-refractivity contribution < 1.29 is 9.59 Å². The van der Waals surface area contributed by atoms with E-state index in [1.807, 2.05) is 10.6 Å². The summed E-state index contributed by atoms with van der Waals surface area (Å²) in [5, 5.41) is 0. The number of aryl methyl sites for hydroxylation is 1. The van der Waals surface area contributed by atoms with E-state index in [0.717, 1.165) is 36.7 Å². The molecule has 0 unspecified atom stereocenters. The van der Waals surface area contributed by atoms with Gasteiger partial charge in [-0.25, -0.2) is 4.98 Å². The van der Waals surface area contributed by atoms with Gasteiger partial charge in [0, 0.05) is 12.1 Å². The van der Waals surface area contributed by atoms with E-state index in [-0.39, 0.29) is 5.78 Å². The van der Waals surface area contributed by atoms with E-state index in [2.05, 4.69) is 11.9 Å². The zero-order valence-electron chi connectivity index (χ0n) is 10.6. The Bertz CT molecular complexity index is 599. The van der Waals surface area contributed by atoms with Crippen molar-refractivity contribution in [2.24, 2.45) is 0 Å². The predicted octanol–water partition coefficient (Wildman–Crippen LogP) is 2.85. The fraction of sp³-hybridized carbons (Fsp3) is 0.357. The number of aromatic nitrogens is 2. The molecule has 1 aromatic carbocycles. The smallest absolute Gasteiger partial charge is 0.185 e. The number of carbonyl (C=O) groups excluding carboxylic acids is 2. The lowest BCUT2D eigenvalue weighted by molar-refractivity contribution is 0.101. The Morgan fingerprint density at radius 3 is 2.83 bits per heavy atom. The van der Waals surface area contributed by atoms with Crippen molar-refractivity contribution in [2.45, 2.75) is 33.2 Å². The molecular formula is C14H16N2O2. The third kappa shape index (κ3) is 2.18. The Morgan fingerprint density at radius 2 is 2.22 bits per heavy atom. The molecule has 2 aromatic rings. The average molecular weight is 244 g/mol. The number of hydrogen-bond donors (Lipinski definition) is 0. The molecule has 0 radical (unpaired) electrons. The molecule has 1 aromatic heterocycles. The fourth-order valence-electron chi connectivity index (χ4n) is 2.00. The van der Waals surface area contributed by atoms with Crippen LogP contribution in [0, 0.1) is 0 Å². The van der Waals surface area contributed by atoms with Gasteiger partial charge in [-0.05, 0) is 31.5 Å². The van der Waals surface area contributed by atoms with Crippen LogP contribution in [-0.2, 0) is 6.54 Å². The molecule has 2 rings (SSSR count). The van der Waals surface area contributed by atoms with E-state index < -0.39 is 0 Å². The Labute approximate surface area is 106 Å². The number of imidazole rings is 1. The number of nitrogens with zero attached hydrogens (tertiary/aromatic N) is 2. The molecule has 0 amide bonds. The molecule has 0 fully saturated rings. The van der Waals surface area contributed by atoms with Crippen molar-refractivity contribution in [3.05, 3.63) is 29.6 Å². The van der Waals surface area contributed by atoms with Gasteiger partial charge in [0.15, 0.2) is 17.9 Å². The molecule has 4 heteroatoms. The van der Waals surface area contributed by atoms with Crippen LogP contribution in [-0.4, -0.2) is 21.6 Å². The Hall–Kier alpha value is -1.97. The molecule has 0 aliphatic carbocycles. The molecule has 0 bridgehead atoms. The lowest BCUT2D eigenvalue weighted by Gasteiger charge is -2.05. The second-order valence-electron chi connectivity index (χ2n) is 4.35. The molecule has 0 spiro atoms. The molecule has 18 heavy (non-hydrogen) atoms. The molecule has 0 N–H and O–H groups in total. The van der Waals surface area contributed by atoms with Gasteiger partial charge in [0.25, 0.3) is 0 Å². The number of unbranched alkanes of at least 4 members (excludes halogenated alkanes) is 1. The highest BCUT2D eigenvalue weighted by Gasteiger charge is 2.11. The number of rotatable bonds is 5. The standard InChI is InChI=1S/C14H16N2O2/c1-3-4-7-16-13-8-11(10(2)18)5-6-12(13)15-14(16)9-17/h5-6,8-9H,3-4,7H2,1-2H3. The molecule has 0 atom stereocenters. The van der Waals surface area contributed by atoms with Crippen LogP contribution in [0.5, 0.6) is 0 Å². The predicted molar refractivity (Wildman–Crippen MR) is 70.0 cm³/mol. The number of carbonyl (C=O) groups is 2. The van der Waals surface area contributed by atoms with Crippen molar-refractivity contribution in [2.75, 3.05) is 0 Å². The van der Waals surface area contributed by atoms with Crippen LogP contribution >= 0.6 is 0 Å². The van der Waals surface area contributed by atoms with Crippen LogP contribution in [0.2, 0.25) is 0 Å². The van der Waals surface area contributed by atoms with Crippen molar-refractivity contribution in [1.29, 1.82) is 0 Å². The second-order valence-corrected chi connectivity index (χ2v) is 4.35. The van der Waals surface area contributed by atoms with E-state index in [1.165, 1.54) is 6.92 Å². The summed E-state index contributed by atoms with van der Waals surface area (Å²) in [7, 11) is 0. The van der Waals surface area contributed by atoms with Crippen LogP contribution in [0.25, 0.3) is 11.0 Å². The Kier molecular flexibility index (Phi) is 3.55. The summed E-state index contributed by atoms with van der Waals surface area (Å²) in [6, 6.07) is 5.35. The minimum Gasteiger partial charge on any atom is -0.322 e. The number of aldehydes is 1. The van der Waals surface area contributed by atoms with Gasteiger partial charge in [0.05, 0.1) is 11.0 Å². The van der Waals surface area contributed by atoms with Crippen LogP contribution in [0.1, 0.15) is 47.7 Å². The van der Waals surface area contributed by atoms with E-state index in [1.54, 1.807) is 12.1 Å². The quantitative estimate of drug-likeness (QED) is 0.600. The molecule has 0 saturated heterocycles. The number of hydrogen-bond acceptors (Lipinski definition) is 3. The minimum absolute atomic E-state index is 0.0211. The molecule has 0 aliphatic heterocycles. The van der Waals surface area contributed by atoms with Gasteiger partial charge in [-0.3, -0.25) is 9.59 Å². The number of Topliss-reactive ketones (excluding diaryl/α,β-unsaturated/α-hetero) is 1. The minimum atomic E-state index is 0.0211. The third-order valence-electron chi connectivity index (χ3n) is 3.02. The first-order valence-electron chi connectivity index (χ1n) is 6.13. The SMILES string of the molecule is CCCCn1c(C=O)nc2ccc(C(C)=O)cc21. The Balaban J connectivity index is 2.58. The van der Waals surface area contributed by atoms with E-state index >= 15 is 0 Å². The number of benzene rings is 1. The number of fused-ring (bicyclic) bond motifs is 1. The lowest BCUT2D eigenvalue weighted by Crippen LogP contribution is -2.03. The third-order valence-corrected chi connectivity index (χ3v) is 3.02. The summed E-state index contributed by atoms with van der Waals surface area (Å²) in [5.41, 5.74) is 2.27. The highest BCUT2D eigenvalue weighted by atomic mass is 16.1. The van der Waals surface area contributed by atoms with Crippen LogP contribution in [0.4, 0.5) is 0 Å². The highest BCUT2D eigenvalue weighted by molar-refractivity contribution is 5.97. The first-order chi connectivity index (χ1) is 8.67. The van der Waals surface area contributed by atoms with Crippen molar-refractivity contribution in [3.63, 3.8) is 0 Å². The molecule has 0 aliphatic rings. The average Bonchev–Trinajstić information content (AvgIpc) is 2.73. The van der Waals surface area contributed by atoms with Gasteiger partial charge in [0.1, 0.15) is 0 Å². The molecular weight excluding hydrogens is 228 g/mol. The summed E-state index contributed by atoms with van der Waals surface area (Å²) in [6.45, 7) is 4.39. The zero-order valence-corrected chi connectivity index (χ0v) is 10.6. The first kappa shape index (κ1) is 12.5. The summed E-state index contributed by atoms with van der Waals surface area (Å²) >= 11 is 0. The van der Waals surface area contributed by atoms with Crippen molar-refractivity contribution in [3.8, 4) is 0 Å². The molecule has 0 saturated carbocycles. The Morgan fingerprint density at radius 1 is 1.44 bits per heavy atom. The molecule has 4 nitrogen and oxygen atoms in total. The summed E-state index contributed by atoms with van der Waals surface area (Å²) in [6.07, 6.45) is 2.80. The van der Waals surface area contributed by atoms with Gasteiger partial charge < -0.3 is 4.57 Å². The first-order valence-corrected chi connectivity index (χ1v) is 6.13. The number of ketones is 1. The largest absolute Gasteiger partial charge is 0.322 e. The van der Waals surface area contributed by atoms with E-state index in [4.69, 9.17) is 0 Å². The van der Waals surface area contributed by atoms with Gasteiger partial charge in [0.2, 0.25) is 0 Å². The van der Waals surface area contributed by atoms with E-state index in [9.17, 15) is 9.59 Å². The lowest BCUT2D eigenvalue weighted by atomic mass is 10.1. The second kappa shape index (κ2) is 5.12. The van der Waals surface area contributed by atoms with E-state index in [0.29, 0.717) is 11.4 Å². The maximum atomic E-state index is 11.4. The zero-order chi connectivity index (χ0) is 13.1. The highest BCUT2D eigenvalue weighted by Crippen LogP contribution is 2.18. The fourth-order valence-corrected chi connectivity index (χ4v) is 2.00. The van der Waals surface area contributed by atoms with Crippen LogP contribution in [0.3, 0.4) is 0 Å². The van der Waals surface area contributed by atoms with Crippen LogP contribution < -0.4 is 0 Å². The summed E-state index contributed by atoms with van der Waals surface area (Å²) < 4.78 is 1.89. The molecule has 1 heterocycles.